The lowest BCUT2D eigenvalue weighted by molar-refractivity contribution is 0.374. The lowest BCUT2D eigenvalue weighted by atomic mass is 10.1. The molecule has 0 amide bonds. The predicted molar refractivity (Wildman–Crippen MR) is 99.5 cm³/mol. The maximum absolute atomic E-state index is 5.21. The smallest absolute Gasteiger partial charge is 0.226 e. The highest BCUT2D eigenvalue weighted by Crippen LogP contribution is 2.25. The minimum atomic E-state index is -0.0721. The molecule has 0 saturated heterocycles. The molecule has 0 saturated carbocycles. The molecule has 0 aliphatic carbocycles. The summed E-state index contributed by atoms with van der Waals surface area (Å²) >= 11 is 0. The van der Waals surface area contributed by atoms with Crippen LogP contribution in [0.25, 0.3) is 11.0 Å². The van der Waals surface area contributed by atoms with Gasteiger partial charge in [-0.15, -0.1) is 0 Å². The molecule has 6 nitrogen and oxygen atoms in total. The van der Waals surface area contributed by atoms with Crippen molar-refractivity contribution in [2.24, 2.45) is 7.05 Å². The van der Waals surface area contributed by atoms with Crippen LogP contribution in [0.1, 0.15) is 36.1 Å². The van der Waals surface area contributed by atoms with Crippen molar-refractivity contribution in [2.75, 3.05) is 0 Å². The third-order valence-corrected chi connectivity index (χ3v) is 4.49. The molecule has 4 rings (SSSR count). The minimum Gasteiger partial charge on any atom is -0.339 e. The minimum absolute atomic E-state index is 0.0721. The molecule has 26 heavy (non-hydrogen) atoms. The molecule has 0 aliphatic rings. The SMILES string of the molecule is CCc1nc(CN[C@@H](c2ccccc2)c2nc3ccccc3n2C)no1. The Kier molecular flexibility index (Phi) is 4.50. The Morgan fingerprint density at radius 1 is 1.04 bits per heavy atom. The van der Waals surface area contributed by atoms with E-state index in [2.05, 4.69) is 38.2 Å². The number of nitrogens with zero attached hydrogens (tertiary/aromatic N) is 4. The molecule has 0 radical (unpaired) electrons. The van der Waals surface area contributed by atoms with Crippen molar-refractivity contribution >= 4 is 11.0 Å². The van der Waals surface area contributed by atoms with Gasteiger partial charge in [0.15, 0.2) is 5.82 Å². The molecular weight excluding hydrogens is 326 g/mol. The molecule has 6 heteroatoms. The highest BCUT2D eigenvalue weighted by molar-refractivity contribution is 5.76. The van der Waals surface area contributed by atoms with E-state index in [0.717, 1.165) is 28.8 Å². The lowest BCUT2D eigenvalue weighted by Gasteiger charge is -2.18. The first kappa shape index (κ1) is 16.5. The first-order valence-electron chi connectivity index (χ1n) is 8.77. The van der Waals surface area contributed by atoms with Crippen LogP contribution in [0.3, 0.4) is 0 Å². The zero-order valence-corrected chi connectivity index (χ0v) is 14.9. The van der Waals surface area contributed by atoms with Gasteiger partial charge in [0.25, 0.3) is 0 Å². The van der Waals surface area contributed by atoms with E-state index in [1.165, 1.54) is 0 Å². The summed E-state index contributed by atoms with van der Waals surface area (Å²) in [5.41, 5.74) is 3.24. The number of fused-ring (bicyclic) bond motifs is 1. The largest absolute Gasteiger partial charge is 0.339 e. The quantitative estimate of drug-likeness (QED) is 0.579. The fourth-order valence-corrected chi connectivity index (χ4v) is 3.12. The van der Waals surface area contributed by atoms with Crippen LogP contribution >= 0.6 is 0 Å². The second-order valence-corrected chi connectivity index (χ2v) is 6.20. The summed E-state index contributed by atoms with van der Waals surface area (Å²) in [6.07, 6.45) is 0.736. The van der Waals surface area contributed by atoms with Crippen molar-refractivity contribution in [1.29, 1.82) is 0 Å². The third-order valence-electron chi connectivity index (χ3n) is 4.49. The van der Waals surface area contributed by atoms with E-state index in [9.17, 15) is 0 Å². The van der Waals surface area contributed by atoms with Crippen molar-refractivity contribution in [3.05, 3.63) is 77.7 Å². The molecular formula is C20H21N5O. The van der Waals surface area contributed by atoms with E-state index >= 15 is 0 Å². The topological polar surface area (TPSA) is 68.8 Å². The molecule has 1 N–H and O–H groups in total. The van der Waals surface area contributed by atoms with Gasteiger partial charge in [0.05, 0.1) is 23.6 Å². The number of hydrogen-bond acceptors (Lipinski definition) is 5. The number of hydrogen-bond donors (Lipinski definition) is 1. The van der Waals surface area contributed by atoms with E-state index in [0.29, 0.717) is 18.3 Å². The molecule has 0 unspecified atom stereocenters. The monoisotopic (exact) mass is 347 g/mol. The Balaban J connectivity index is 1.69. The van der Waals surface area contributed by atoms with Crippen molar-refractivity contribution in [3.8, 4) is 0 Å². The molecule has 2 aromatic carbocycles. The number of para-hydroxylation sites is 2. The highest BCUT2D eigenvalue weighted by Gasteiger charge is 2.21. The number of nitrogens with one attached hydrogen (secondary N) is 1. The molecule has 0 fully saturated rings. The van der Waals surface area contributed by atoms with Gasteiger partial charge in [0.1, 0.15) is 5.82 Å². The first-order valence-corrected chi connectivity index (χ1v) is 8.77. The molecule has 4 aromatic rings. The second-order valence-electron chi connectivity index (χ2n) is 6.20. The van der Waals surface area contributed by atoms with Crippen molar-refractivity contribution in [1.82, 2.24) is 25.0 Å². The Bertz CT molecular complexity index is 1010. The van der Waals surface area contributed by atoms with Crippen molar-refractivity contribution in [2.45, 2.75) is 25.9 Å². The summed E-state index contributed by atoms with van der Waals surface area (Å²) in [5, 5.41) is 7.58. The van der Waals surface area contributed by atoms with E-state index in [1.807, 2.05) is 50.4 Å². The van der Waals surface area contributed by atoms with Gasteiger partial charge in [-0.05, 0) is 17.7 Å². The summed E-state index contributed by atoms with van der Waals surface area (Å²) < 4.78 is 7.34. The summed E-state index contributed by atoms with van der Waals surface area (Å²) in [6.45, 7) is 2.50. The van der Waals surface area contributed by atoms with Crippen LogP contribution in [0.2, 0.25) is 0 Å². The maximum atomic E-state index is 5.21. The molecule has 2 aromatic heterocycles. The normalized spacial score (nSPS) is 12.5. The Hall–Kier alpha value is -2.99. The fourth-order valence-electron chi connectivity index (χ4n) is 3.12. The number of rotatable bonds is 6. The molecule has 0 bridgehead atoms. The lowest BCUT2D eigenvalue weighted by Crippen LogP contribution is -2.25. The zero-order valence-electron chi connectivity index (χ0n) is 14.9. The number of benzene rings is 2. The number of imidazole rings is 1. The molecule has 2 heterocycles. The Morgan fingerprint density at radius 2 is 1.81 bits per heavy atom. The molecule has 0 aliphatic heterocycles. The van der Waals surface area contributed by atoms with Crippen LogP contribution in [-0.2, 0) is 20.0 Å². The van der Waals surface area contributed by atoms with Crippen LogP contribution in [0, 0.1) is 0 Å². The van der Waals surface area contributed by atoms with Crippen LogP contribution < -0.4 is 5.32 Å². The maximum Gasteiger partial charge on any atom is 0.226 e. The summed E-state index contributed by atoms with van der Waals surface area (Å²) in [7, 11) is 2.05. The number of aromatic nitrogens is 4. The van der Waals surface area contributed by atoms with E-state index < -0.39 is 0 Å². The fraction of sp³-hybridized carbons (Fsp3) is 0.250. The molecule has 132 valence electrons. The van der Waals surface area contributed by atoms with Gasteiger partial charge in [0.2, 0.25) is 5.89 Å². The molecule has 1 atom stereocenters. The van der Waals surface area contributed by atoms with Crippen LogP contribution in [0.5, 0.6) is 0 Å². The number of aryl methyl sites for hydroxylation is 2. The average Bonchev–Trinajstić information content (AvgIpc) is 3.28. The van der Waals surface area contributed by atoms with E-state index in [-0.39, 0.29) is 6.04 Å². The standard InChI is InChI=1S/C20H21N5O/c1-3-18-23-17(24-26-18)13-21-19(14-9-5-4-6-10-14)20-22-15-11-7-8-12-16(15)25(20)2/h4-12,19,21H,3,13H2,1-2H3/t19-/m0/s1. The Morgan fingerprint density at radius 3 is 2.54 bits per heavy atom. The van der Waals surface area contributed by atoms with Gasteiger partial charge >= 0.3 is 0 Å². The summed E-state index contributed by atoms with van der Waals surface area (Å²) in [4.78, 5) is 9.24. The van der Waals surface area contributed by atoms with Crippen molar-refractivity contribution in [3.63, 3.8) is 0 Å². The van der Waals surface area contributed by atoms with Gasteiger partial charge in [-0.25, -0.2) is 4.98 Å². The van der Waals surface area contributed by atoms with E-state index in [1.54, 1.807) is 0 Å². The van der Waals surface area contributed by atoms with Gasteiger partial charge in [-0.3, -0.25) is 5.32 Å². The van der Waals surface area contributed by atoms with Crippen LogP contribution in [-0.4, -0.2) is 19.7 Å². The third kappa shape index (κ3) is 3.11. The predicted octanol–water partition coefficient (Wildman–Crippen LogP) is 3.40. The van der Waals surface area contributed by atoms with Gasteiger partial charge in [-0.2, -0.15) is 4.98 Å². The Labute approximate surface area is 151 Å². The summed E-state index contributed by atoms with van der Waals surface area (Å²) in [5.74, 6) is 2.26. The van der Waals surface area contributed by atoms with Crippen LogP contribution in [0.4, 0.5) is 0 Å². The second kappa shape index (κ2) is 7.09. The first-order chi connectivity index (χ1) is 12.8. The highest BCUT2D eigenvalue weighted by atomic mass is 16.5. The zero-order chi connectivity index (χ0) is 17.9. The van der Waals surface area contributed by atoms with E-state index in [4.69, 9.17) is 9.51 Å². The van der Waals surface area contributed by atoms with Gasteiger partial charge in [0, 0.05) is 13.5 Å². The van der Waals surface area contributed by atoms with Crippen molar-refractivity contribution < 1.29 is 4.52 Å². The summed E-state index contributed by atoms with van der Waals surface area (Å²) in [6, 6.07) is 18.4. The van der Waals surface area contributed by atoms with Gasteiger partial charge < -0.3 is 9.09 Å². The van der Waals surface area contributed by atoms with Crippen LogP contribution in [0.15, 0.2) is 59.1 Å². The average molecular weight is 347 g/mol. The van der Waals surface area contributed by atoms with Gasteiger partial charge in [-0.1, -0.05) is 54.5 Å². The molecule has 0 spiro atoms.